The summed E-state index contributed by atoms with van der Waals surface area (Å²) in [5, 5.41) is 0.243. The highest BCUT2D eigenvalue weighted by atomic mass is 35.5. The molecule has 0 unspecified atom stereocenters. The molecule has 1 heterocycles. The Morgan fingerprint density at radius 3 is 2.42 bits per heavy atom. The number of ether oxygens (including phenoxy) is 1. The molecular formula is C23H14Cl2FNO3S. The smallest absolute Gasteiger partial charge is 0.298 e. The van der Waals surface area contributed by atoms with Crippen LogP contribution in [0.1, 0.15) is 11.1 Å². The number of para-hydroxylation sites is 1. The molecule has 0 aromatic heterocycles. The molecule has 0 aliphatic carbocycles. The van der Waals surface area contributed by atoms with Crippen molar-refractivity contribution in [1.29, 1.82) is 0 Å². The first-order valence-corrected chi connectivity index (χ1v) is 10.7. The van der Waals surface area contributed by atoms with Crippen molar-refractivity contribution in [3.05, 3.63) is 98.6 Å². The number of amides is 2. The molecule has 2 amide bonds. The Kier molecular flexibility index (Phi) is 6.32. The van der Waals surface area contributed by atoms with Crippen LogP contribution in [0.25, 0.3) is 6.08 Å². The number of hydrogen-bond donors (Lipinski definition) is 0. The highest BCUT2D eigenvalue weighted by Crippen LogP contribution is 2.39. The van der Waals surface area contributed by atoms with Crippen molar-refractivity contribution in [3.8, 4) is 5.75 Å². The summed E-state index contributed by atoms with van der Waals surface area (Å²) < 4.78 is 18.7. The minimum absolute atomic E-state index is 0.232. The zero-order chi connectivity index (χ0) is 22.0. The van der Waals surface area contributed by atoms with E-state index < -0.39 is 11.1 Å². The highest BCUT2D eigenvalue weighted by molar-refractivity contribution is 8.19. The van der Waals surface area contributed by atoms with Crippen molar-refractivity contribution >= 4 is 57.9 Å². The van der Waals surface area contributed by atoms with Crippen molar-refractivity contribution in [1.82, 2.24) is 0 Å². The molecule has 4 rings (SSSR count). The Bertz CT molecular complexity index is 1200. The van der Waals surface area contributed by atoms with Gasteiger partial charge < -0.3 is 4.74 Å². The summed E-state index contributed by atoms with van der Waals surface area (Å²) in [7, 11) is 0. The maximum absolute atomic E-state index is 13.0. The maximum Gasteiger partial charge on any atom is 0.298 e. The SMILES string of the molecule is O=C1S/C(=C\c2ccc(OCc3ccc(F)cc3)c(Cl)c2)C(=O)N1c1ccccc1Cl. The summed E-state index contributed by atoms with van der Waals surface area (Å²) >= 11 is 13.3. The van der Waals surface area contributed by atoms with Gasteiger partial charge >= 0.3 is 0 Å². The average molecular weight is 474 g/mol. The van der Waals surface area contributed by atoms with Gasteiger partial charge in [-0.3, -0.25) is 9.59 Å². The number of imide groups is 1. The second-order valence-electron chi connectivity index (χ2n) is 6.57. The van der Waals surface area contributed by atoms with E-state index in [1.807, 2.05) is 0 Å². The predicted octanol–water partition coefficient (Wildman–Crippen LogP) is 6.95. The topological polar surface area (TPSA) is 46.6 Å². The molecule has 0 spiro atoms. The summed E-state index contributed by atoms with van der Waals surface area (Å²) in [6, 6.07) is 17.7. The summed E-state index contributed by atoms with van der Waals surface area (Å²) in [6.45, 7) is 0.232. The van der Waals surface area contributed by atoms with Crippen LogP contribution in [0.4, 0.5) is 14.9 Å². The van der Waals surface area contributed by atoms with Crippen LogP contribution < -0.4 is 9.64 Å². The number of carbonyl (C=O) groups is 2. The number of carbonyl (C=O) groups excluding carboxylic acids is 2. The fourth-order valence-corrected chi connectivity index (χ4v) is 4.22. The van der Waals surface area contributed by atoms with E-state index in [9.17, 15) is 14.0 Å². The lowest BCUT2D eigenvalue weighted by molar-refractivity contribution is -0.113. The van der Waals surface area contributed by atoms with Crippen LogP contribution in [0.2, 0.25) is 10.0 Å². The van der Waals surface area contributed by atoms with Crippen LogP contribution in [-0.2, 0) is 11.4 Å². The van der Waals surface area contributed by atoms with Gasteiger partial charge in [-0.15, -0.1) is 0 Å². The molecule has 31 heavy (non-hydrogen) atoms. The number of anilines is 1. The normalized spacial score (nSPS) is 15.1. The molecule has 0 bridgehead atoms. The molecule has 1 aliphatic rings. The molecule has 0 atom stereocenters. The number of hydrogen-bond acceptors (Lipinski definition) is 4. The molecule has 1 fully saturated rings. The Morgan fingerprint density at radius 1 is 0.968 bits per heavy atom. The van der Waals surface area contributed by atoms with Gasteiger partial charge in [-0.2, -0.15) is 0 Å². The third-order valence-corrected chi connectivity index (χ3v) is 5.93. The number of benzene rings is 3. The largest absolute Gasteiger partial charge is 0.487 e. The van der Waals surface area contributed by atoms with Crippen molar-refractivity contribution in [2.75, 3.05) is 4.90 Å². The number of nitrogens with zero attached hydrogens (tertiary/aromatic N) is 1. The van der Waals surface area contributed by atoms with E-state index in [0.29, 0.717) is 27.0 Å². The summed E-state index contributed by atoms with van der Waals surface area (Å²) in [5.41, 5.74) is 1.79. The van der Waals surface area contributed by atoms with Crippen molar-refractivity contribution < 1.29 is 18.7 Å². The maximum atomic E-state index is 13.0. The quantitative estimate of drug-likeness (QED) is 0.376. The van der Waals surface area contributed by atoms with Crippen LogP contribution >= 0.6 is 35.0 Å². The Labute approximate surface area is 192 Å². The molecule has 3 aromatic rings. The fourth-order valence-electron chi connectivity index (χ4n) is 2.93. The molecule has 0 radical (unpaired) electrons. The zero-order valence-corrected chi connectivity index (χ0v) is 18.2. The molecule has 1 aliphatic heterocycles. The third kappa shape index (κ3) is 4.77. The standard InChI is InChI=1S/C23H14Cl2FNO3S/c24-17-3-1-2-4-19(17)27-22(28)21(31-23(27)29)12-15-7-10-20(18(25)11-15)30-13-14-5-8-16(26)9-6-14/h1-12H,13H2/b21-12-. The molecule has 3 aromatic carbocycles. The summed E-state index contributed by atoms with van der Waals surface area (Å²) in [5.74, 6) is -0.312. The average Bonchev–Trinajstić information content (AvgIpc) is 3.02. The summed E-state index contributed by atoms with van der Waals surface area (Å²) in [4.78, 5) is 26.5. The first-order valence-electron chi connectivity index (χ1n) is 9.11. The first-order chi connectivity index (χ1) is 14.9. The van der Waals surface area contributed by atoms with Gasteiger partial charge in [0.2, 0.25) is 0 Å². The number of halogens is 3. The zero-order valence-electron chi connectivity index (χ0n) is 15.8. The fraction of sp³-hybridized carbons (Fsp3) is 0.0435. The molecular weight excluding hydrogens is 460 g/mol. The first kappa shape index (κ1) is 21.4. The lowest BCUT2D eigenvalue weighted by atomic mass is 10.2. The lowest BCUT2D eigenvalue weighted by Gasteiger charge is -2.13. The van der Waals surface area contributed by atoms with E-state index in [0.717, 1.165) is 22.2 Å². The Morgan fingerprint density at radius 2 is 1.71 bits per heavy atom. The molecule has 0 N–H and O–H groups in total. The second kappa shape index (κ2) is 9.14. The van der Waals surface area contributed by atoms with Gasteiger partial charge in [0.25, 0.3) is 11.1 Å². The van der Waals surface area contributed by atoms with Crippen molar-refractivity contribution in [3.63, 3.8) is 0 Å². The van der Waals surface area contributed by atoms with E-state index in [1.54, 1.807) is 60.7 Å². The van der Waals surface area contributed by atoms with Gasteiger partial charge in [-0.05, 0) is 65.4 Å². The Balaban J connectivity index is 1.50. The van der Waals surface area contributed by atoms with Crippen LogP contribution in [0.5, 0.6) is 5.75 Å². The van der Waals surface area contributed by atoms with Crippen LogP contribution in [0, 0.1) is 5.82 Å². The van der Waals surface area contributed by atoms with Gasteiger partial charge in [0.1, 0.15) is 18.2 Å². The van der Waals surface area contributed by atoms with Crippen molar-refractivity contribution in [2.45, 2.75) is 6.61 Å². The van der Waals surface area contributed by atoms with Crippen LogP contribution in [-0.4, -0.2) is 11.1 Å². The van der Waals surface area contributed by atoms with Crippen LogP contribution in [0.3, 0.4) is 0 Å². The van der Waals surface area contributed by atoms with Crippen molar-refractivity contribution in [2.24, 2.45) is 0 Å². The molecule has 8 heteroatoms. The monoisotopic (exact) mass is 473 g/mol. The van der Waals surface area contributed by atoms with E-state index >= 15 is 0 Å². The summed E-state index contributed by atoms with van der Waals surface area (Å²) in [6.07, 6.45) is 1.59. The van der Waals surface area contributed by atoms with Gasteiger partial charge in [0, 0.05) is 0 Å². The molecule has 4 nitrogen and oxygen atoms in total. The van der Waals surface area contributed by atoms with E-state index in [2.05, 4.69) is 0 Å². The molecule has 156 valence electrons. The lowest BCUT2D eigenvalue weighted by Crippen LogP contribution is -2.27. The predicted molar refractivity (Wildman–Crippen MR) is 122 cm³/mol. The van der Waals surface area contributed by atoms with E-state index in [-0.39, 0.29) is 17.3 Å². The Hall–Kier alpha value is -2.80. The number of rotatable bonds is 5. The number of thioether (sulfide) groups is 1. The van der Waals surface area contributed by atoms with Gasteiger partial charge in [0.05, 0.1) is 20.6 Å². The van der Waals surface area contributed by atoms with E-state index in [1.165, 1.54) is 12.1 Å². The third-order valence-electron chi connectivity index (χ3n) is 4.45. The minimum Gasteiger partial charge on any atom is -0.487 e. The minimum atomic E-state index is -0.448. The van der Waals surface area contributed by atoms with Gasteiger partial charge in [-0.25, -0.2) is 9.29 Å². The van der Waals surface area contributed by atoms with Crippen LogP contribution in [0.15, 0.2) is 71.6 Å². The van der Waals surface area contributed by atoms with E-state index in [4.69, 9.17) is 27.9 Å². The molecule has 0 saturated carbocycles. The molecule has 1 saturated heterocycles. The van der Waals surface area contributed by atoms with Gasteiger partial charge in [-0.1, -0.05) is 53.5 Å². The second-order valence-corrected chi connectivity index (χ2v) is 8.38. The highest BCUT2D eigenvalue weighted by Gasteiger charge is 2.37. The van der Waals surface area contributed by atoms with Gasteiger partial charge in [0.15, 0.2) is 0 Å².